The molecule has 0 aliphatic heterocycles. The topological polar surface area (TPSA) is 72.8 Å². The number of hydrogen-bond acceptors (Lipinski definition) is 6. The van der Waals surface area contributed by atoms with Gasteiger partial charge in [-0.05, 0) is 24.3 Å². The van der Waals surface area contributed by atoms with Gasteiger partial charge in [0.15, 0.2) is 17.0 Å². The SMILES string of the molecule is COc1cnc2ncnc(Nc3ccc(F)cc3)c2n1. The number of hydrogen-bond donors (Lipinski definition) is 1. The summed E-state index contributed by atoms with van der Waals surface area (Å²) in [6.07, 6.45) is 2.87. The fraction of sp³-hybridized carbons (Fsp3) is 0.0769. The van der Waals surface area contributed by atoms with Gasteiger partial charge in [0.2, 0.25) is 5.88 Å². The largest absolute Gasteiger partial charge is 0.480 e. The Morgan fingerprint density at radius 1 is 1.10 bits per heavy atom. The summed E-state index contributed by atoms with van der Waals surface area (Å²) < 4.78 is 17.9. The van der Waals surface area contributed by atoms with Crippen LogP contribution in [0.3, 0.4) is 0 Å². The van der Waals surface area contributed by atoms with Gasteiger partial charge in [-0.15, -0.1) is 0 Å². The van der Waals surface area contributed by atoms with Crippen molar-refractivity contribution in [1.29, 1.82) is 0 Å². The third-order valence-electron chi connectivity index (χ3n) is 2.64. The van der Waals surface area contributed by atoms with Gasteiger partial charge in [-0.3, -0.25) is 0 Å². The molecule has 3 rings (SSSR count). The lowest BCUT2D eigenvalue weighted by Crippen LogP contribution is -2.00. The van der Waals surface area contributed by atoms with Crippen molar-refractivity contribution in [2.75, 3.05) is 12.4 Å². The molecule has 0 bridgehead atoms. The van der Waals surface area contributed by atoms with Crippen molar-refractivity contribution < 1.29 is 9.13 Å². The van der Waals surface area contributed by atoms with Crippen LogP contribution in [0.25, 0.3) is 11.2 Å². The van der Waals surface area contributed by atoms with Gasteiger partial charge in [0.25, 0.3) is 0 Å². The van der Waals surface area contributed by atoms with Crippen molar-refractivity contribution in [3.63, 3.8) is 0 Å². The lowest BCUT2D eigenvalue weighted by atomic mass is 10.3. The number of nitrogens with one attached hydrogen (secondary N) is 1. The van der Waals surface area contributed by atoms with Crippen LogP contribution >= 0.6 is 0 Å². The van der Waals surface area contributed by atoms with E-state index in [0.717, 1.165) is 0 Å². The van der Waals surface area contributed by atoms with E-state index in [1.165, 1.54) is 31.8 Å². The first kappa shape index (κ1) is 12.2. The Kier molecular flexibility index (Phi) is 3.08. The van der Waals surface area contributed by atoms with Crippen molar-refractivity contribution in [3.05, 3.63) is 42.6 Å². The minimum absolute atomic E-state index is 0.301. The van der Waals surface area contributed by atoms with Gasteiger partial charge >= 0.3 is 0 Å². The van der Waals surface area contributed by atoms with Crippen LogP contribution in [-0.4, -0.2) is 27.0 Å². The molecule has 3 aromatic rings. The van der Waals surface area contributed by atoms with E-state index >= 15 is 0 Å². The van der Waals surface area contributed by atoms with Gasteiger partial charge in [-0.25, -0.2) is 24.3 Å². The molecule has 6 nitrogen and oxygen atoms in total. The number of ether oxygens (including phenoxy) is 1. The fourth-order valence-electron chi connectivity index (χ4n) is 1.68. The van der Waals surface area contributed by atoms with Gasteiger partial charge < -0.3 is 10.1 Å². The molecule has 1 N–H and O–H groups in total. The molecule has 2 heterocycles. The third kappa shape index (κ3) is 2.33. The molecule has 0 amide bonds. The van der Waals surface area contributed by atoms with Gasteiger partial charge in [-0.1, -0.05) is 0 Å². The molecular formula is C13H10FN5O. The second-order valence-corrected chi connectivity index (χ2v) is 3.94. The van der Waals surface area contributed by atoms with Crippen molar-refractivity contribution in [2.45, 2.75) is 0 Å². The molecule has 0 spiro atoms. The molecule has 0 saturated carbocycles. The predicted molar refractivity (Wildman–Crippen MR) is 71.4 cm³/mol. The monoisotopic (exact) mass is 271 g/mol. The van der Waals surface area contributed by atoms with E-state index in [2.05, 4.69) is 25.3 Å². The number of aromatic nitrogens is 4. The highest BCUT2D eigenvalue weighted by Crippen LogP contribution is 2.21. The van der Waals surface area contributed by atoms with E-state index in [0.29, 0.717) is 28.5 Å². The Morgan fingerprint density at radius 2 is 1.90 bits per heavy atom. The summed E-state index contributed by atoms with van der Waals surface area (Å²) >= 11 is 0. The molecule has 1 aromatic carbocycles. The molecule has 0 aliphatic carbocycles. The molecule has 0 radical (unpaired) electrons. The van der Waals surface area contributed by atoms with Gasteiger partial charge in [0.1, 0.15) is 12.1 Å². The number of fused-ring (bicyclic) bond motifs is 1. The maximum atomic E-state index is 12.9. The van der Waals surface area contributed by atoms with E-state index < -0.39 is 0 Å². The molecule has 0 atom stereocenters. The Balaban J connectivity index is 2.04. The summed E-state index contributed by atoms with van der Waals surface area (Å²) in [5.41, 5.74) is 1.62. The zero-order chi connectivity index (χ0) is 13.9. The van der Waals surface area contributed by atoms with Crippen molar-refractivity contribution in [3.8, 4) is 5.88 Å². The maximum absolute atomic E-state index is 12.9. The molecule has 2 aromatic heterocycles. The Hall–Kier alpha value is -2.83. The van der Waals surface area contributed by atoms with Crippen molar-refractivity contribution in [1.82, 2.24) is 19.9 Å². The second kappa shape index (κ2) is 5.04. The lowest BCUT2D eigenvalue weighted by Gasteiger charge is -2.07. The highest BCUT2D eigenvalue weighted by Gasteiger charge is 2.08. The van der Waals surface area contributed by atoms with Crippen LogP contribution in [0.15, 0.2) is 36.8 Å². The molecule has 0 fully saturated rings. The average molecular weight is 271 g/mol. The quantitative estimate of drug-likeness (QED) is 0.788. The maximum Gasteiger partial charge on any atom is 0.232 e. The van der Waals surface area contributed by atoms with E-state index in [9.17, 15) is 4.39 Å². The average Bonchev–Trinajstić information content (AvgIpc) is 2.49. The number of nitrogens with zero attached hydrogens (tertiary/aromatic N) is 4. The Bertz CT molecular complexity index is 747. The van der Waals surface area contributed by atoms with Crippen LogP contribution in [0.1, 0.15) is 0 Å². The highest BCUT2D eigenvalue weighted by atomic mass is 19.1. The first-order chi connectivity index (χ1) is 9.76. The fourth-order valence-corrected chi connectivity index (χ4v) is 1.68. The minimum atomic E-state index is -0.301. The summed E-state index contributed by atoms with van der Waals surface area (Å²) in [6, 6.07) is 5.93. The normalized spacial score (nSPS) is 10.5. The van der Waals surface area contributed by atoms with E-state index in [1.807, 2.05) is 0 Å². The van der Waals surface area contributed by atoms with Crippen LogP contribution < -0.4 is 10.1 Å². The molecule has 0 saturated heterocycles. The number of rotatable bonds is 3. The van der Waals surface area contributed by atoms with Crippen molar-refractivity contribution >= 4 is 22.7 Å². The molecule has 100 valence electrons. The third-order valence-corrected chi connectivity index (χ3v) is 2.64. The number of methoxy groups -OCH3 is 1. The lowest BCUT2D eigenvalue weighted by molar-refractivity contribution is 0.397. The molecule has 7 heteroatoms. The first-order valence-electron chi connectivity index (χ1n) is 5.80. The van der Waals surface area contributed by atoms with E-state index in [4.69, 9.17) is 4.74 Å². The van der Waals surface area contributed by atoms with E-state index in [-0.39, 0.29) is 5.82 Å². The number of halogens is 1. The summed E-state index contributed by atoms with van der Waals surface area (Å²) in [5, 5.41) is 3.05. The highest BCUT2D eigenvalue weighted by molar-refractivity contribution is 5.84. The summed E-state index contributed by atoms with van der Waals surface area (Å²) in [5.74, 6) is 0.548. The van der Waals surface area contributed by atoms with Crippen LogP contribution in [0.4, 0.5) is 15.9 Å². The zero-order valence-corrected chi connectivity index (χ0v) is 10.5. The van der Waals surface area contributed by atoms with Crippen LogP contribution in [0.5, 0.6) is 5.88 Å². The van der Waals surface area contributed by atoms with Gasteiger partial charge in [-0.2, -0.15) is 0 Å². The molecule has 20 heavy (non-hydrogen) atoms. The summed E-state index contributed by atoms with van der Waals surface area (Å²) in [7, 11) is 1.51. The van der Waals surface area contributed by atoms with Gasteiger partial charge in [0, 0.05) is 5.69 Å². The molecular weight excluding hydrogens is 261 g/mol. The summed E-state index contributed by atoms with van der Waals surface area (Å²) in [4.78, 5) is 16.5. The van der Waals surface area contributed by atoms with E-state index in [1.54, 1.807) is 12.1 Å². The minimum Gasteiger partial charge on any atom is -0.480 e. The van der Waals surface area contributed by atoms with Crippen LogP contribution in [0, 0.1) is 5.82 Å². The standard InChI is InChI=1S/C13H10FN5O/c1-20-10-6-15-12-11(19-10)13(17-7-16-12)18-9-4-2-8(14)3-5-9/h2-7H,1H3,(H,15,16,17,18). The van der Waals surface area contributed by atoms with Crippen molar-refractivity contribution in [2.24, 2.45) is 0 Å². The predicted octanol–water partition coefficient (Wildman–Crippen LogP) is 2.31. The summed E-state index contributed by atoms with van der Waals surface area (Å²) in [6.45, 7) is 0. The van der Waals surface area contributed by atoms with Crippen LogP contribution in [-0.2, 0) is 0 Å². The van der Waals surface area contributed by atoms with Crippen LogP contribution in [0.2, 0.25) is 0 Å². The first-order valence-corrected chi connectivity index (χ1v) is 5.80. The Morgan fingerprint density at radius 3 is 2.65 bits per heavy atom. The number of benzene rings is 1. The van der Waals surface area contributed by atoms with Gasteiger partial charge in [0.05, 0.1) is 13.3 Å². The second-order valence-electron chi connectivity index (χ2n) is 3.94. The smallest absolute Gasteiger partial charge is 0.232 e. The molecule has 0 aliphatic rings. The number of anilines is 2. The zero-order valence-electron chi connectivity index (χ0n) is 10.5. The molecule has 0 unspecified atom stereocenters. The Labute approximate surface area is 113 Å².